The van der Waals surface area contributed by atoms with E-state index in [-0.39, 0.29) is 0 Å². The minimum absolute atomic E-state index is 0.459. The molecule has 0 radical (unpaired) electrons. The predicted octanol–water partition coefficient (Wildman–Crippen LogP) is 3.93. The zero-order valence-electron chi connectivity index (χ0n) is 11.7. The van der Waals surface area contributed by atoms with Gasteiger partial charge in [0.1, 0.15) is 0 Å². The molecule has 2 N–H and O–H groups in total. The van der Waals surface area contributed by atoms with Crippen LogP contribution in [0.5, 0.6) is 0 Å². The number of aliphatic hydroxyl groups is 1. The minimum atomic E-state index is -0.524. The smallest absolute Gasteiger partial charge is 0.0928 e. The molecule has 1 saturated carbocycles. The predicted molar refractivity (Wildman–Crippen MR) is 80.5 cm³/mol. The first kappa shape index (κ1) is 14.8. The van der Waals surface area contributed by atoms with Gasteiger partial charge in [-0.3, -0.25) is 0 Å². The van der Waals surface area contributed by atoms with Gasteiger partial charge in [0.15, 0.2) is 0 Å². The average Bonchev–Trinajstić information content (AvgIpc) is 2.88. The van der Waals surface area contributed by atoms with Crippen molar-refractivity contribution in [2.45, 2.75) is 45.1 Å². The van der Waals surface area contributed by atoms with Crippen LogP contribution in [0.2, 0.25) is 5.02 Å². The van der Waals surface area contributed by atoms with Crippen LogP contribution in [0, 0.1) is 5.41 Å². The van der Waals surface area contributed by atoms with Crippen molar-refractivity contribution in [1.82, 2.24) is 5.32 Å². The van der Waals surface area contributed by atoms with Gasteiger partial charge in [-0.2, -0.15) is 0 Å². The zero-order valence-corrected chi connectivity index (χ0v) is 12.4. The zero-order chi connectivity index (χ0) is 13.7. The lowest BCUT2D eigenvalue weighted by atomic mass is 9.83. The van der Waals surface area contributed by atoms with Gasteiger partial charge in [0.05, 0.1) is 6.10 Å². The number of nitrogens with one attached hydrogen (secondary N) is 1. The number of rotatable bonds is 6. The lowest BCUT2D eigenvalue weighted by Crippen LogP contribution is -2.34. The molecule has 0 heterocycles. The highest BCUT2D eigenvalue weighted by Gasteiger charge is 2.31. The van der Waals surface area contributed by atoms with E-state index in [1.165, 1.54) is 32.1 Å². The Kier molecular flexibility index (Phi) is 5.26. The van der Waals surface area contributed by atoms with Gasteiger partial charge >= 0.3 is 0 Å². The summed E-state index contributed by atoms with van der Waals surface area (Å²) in [6, 6.07) is 7.51. The van der Waals surface area contributed by atoms with Gasteiger partial charge in [-0.1, -0.05) is 49.6 Å². The third-order valence-corrected chi connectivity index (χ3v) is 4.86. The molecule has 1 aromatic carbocycles. The summed E-state index contributed by atoms with van der Waals surface area (Å²) in [7, 11) is 0. The number of halogens is 1. The molecule has 2 rings (SSSR count). The normalized spacial score (nSPS) is 19.5. The molecule has 1 aliphatic carbocycles. The number of benzene rings is 1. The van der Waals surface area contributed by atoms with Crippen molar-refractivity contribution in [2.75, 3.05) is 13.1 Å². The van der Waals surface area contributed by atoms with Crippen molar-refractivity contribution in [1.29, 1.82) is 0 Å². The van der Waals surface area contributed by atoms with Crippen LogP contribution in [-0.4, -0.2) is 18.2 Å². The molecule has 0 aliphatic heterocycles. The molecule has 0 saturated heterocycles. The van der Waals surface area contributed by atoms with Gasteiger partial charge in [-0.15, -0.1) is 0 Å². The van der Waals surface area contributed by atoms with Crippen molar-refractivity contribution >= 4 is 11.6 Å². The maximum Gasteiger partial charge on any atom is 0.0928 e. The van der Waals surface area contributed by atoms with E-state index in [0.717, 1.165) is 12.1 Å². The van der Waals surface area contributed by atoms with Gasteiger partial charge in [0.25, 0.3) is 0 Å². The molecule has 3 heteroatoms. The lowest BCUT2D eigenvalue weighted by molar-refractivity contribution is 0.163. The van der Waals surface area contributed by atoms with Crippen molar-refractivity contribution < 1.29 is 5.11 Å². The Morgan fingerprint density at radius 2 is 2.00 bits per heavy atom. The highest BCUT2D eigenvalue weighted by atomic mass is 35.5. The number of hydrogen-bond donors (Lipinski definition) is 2. The Labute approximate surface area is 121 Å². The molecule has 1 aromatic rings. The minimum Gasteiger partial charge on any atom is -0.387 e. The van der Waals surface area contributed by atoms with Crippen LogP contribution in [0.4, 0.5) is 0 Å². The van der Waals surface area contributed by atoms with Gasteiger partial charge in [0, 0.05) is 23.7 Å². The maximum atomic E-state index is 10.2. The monoisotopic (exact) mass is 281 g/mol. The number of aliphatic hydroxyl groups excluding tert-OH is 1. The Bertz CT molecular complexity index is 401. The Morgan fingerprint density at radius 1 is 1.32 bits per heavy atom. The lowest BCUT2D eigenvalue weighted by Gasteiger charge is -2.28. The second kappa shape index (κ2) is 6.74. The third kappa shape index (κ3) is 3.71. The summed E-state index contributed by atoms with van der Waals surface area (Å²) in [4.78, 5) is 0. The summed E-state index contributed by atoms with van der Waals surface area (Å²) in [6.07, 6.45) is 6.04. The van der Waals surface area contributed by atoms with E-state index in [4.69, 9.17) is 11.6 Å². The molecule has 1 atom stereocenters. The SMILES string of the molecule is CCC1(CNCC(O)c2ccccc2Cl)CCCC1. The van der Waals surface area contributed by atoms with Crippen LogP contribution in [-0.2, 0) is 0 Å². The topological polar surface area (TPSA) is 32.3 Å². The first-order chi connectivity index (χ1) is 9.17. The van der Waals surface area contributed by atoms with E-state index in [9.17, 15) is 5.11 Å². The van der Waals surface area contributed by atoms with E-state index in [1.54, 1.807) is 0 Å². The third-order valence-electron chi connectivity index (χ3n) is 4.52. The standard InChI is InChI=1S/C16H24ClNO/c1-2-16(9-5-6-10-16)12-18-11-15(19)13-7-3-4-8-14(13)17/h3-4,7-8,15,18-19H,2,5-6,9-12H2,1H3. The molecule has 0 aromatic heterocycles. The van der Waals surface area contributed by atoms with Gasteiger partial charge < -0.3 is 10.4 Å². The molecular formula is C16H24ClNO. The molecule has 19 heavy (non-hydrogen) atoms. The fraction of sp³-hybridized carbons (Fsp3) is 0.625. The van der Waals surface area contributed by atoms with Crippen LogP contribution >= 0.6 is 11.6 Å². The van der Waals surface area contributed by atoms with Crippen molar-refractivity contribution in [2.24, 2.45) is 5.41 Å². The van der Waals surface area contributed by atoms with Crippen LogP contribution in [0.1, 0.15) is 50.7 Å². The maximum absolute atomic E-state index is 10.2. The molecule has 106 valence electrons. The molecule has 0 spiro atoms. The molecule has 2 nitrogen and oxygen atoms in total. The fourth-order valence-electron chi connectivity index (χ4n) is 3.11. The first-order valence-corrected chi connectivity index (χ1v) is 7.68. The van der Waals surface area contributed by atoms with Crippen LogP contribution < -0.4 is 5.32 Å². The van der Waals surface area contributed by atoms with Crippen molar-refractivity contribution in [3.05, 3.63) is 34.9 Å². The van der Waals surface area contributed by atoms with E-state index < -0.39 is 6.10 Å². The largest absolute Gasteiger partial charge is 0.387 e. The van der Waals surface area contributed by atoms with Crippen LogP contribution in [0.25, 0.3) is 0 Å². The second-order valence-corrected chi connectivity index (χ2v) is 6.14. The summed E-state index contributed by atoms with van der Waals surface area (Å²) in [5.74, 6) is 0. The summed E-state index contributed by atoms with van der Waals surface area (Å²) in [6.45, 7) is 3.86. The molecular weight excluding hydrogens is 258 g/mol. The first-order valence-electron chi connectivity index (χ1n) is 7.30. The summed E-state index contributed by atoms with van der Waals surface area (Å²) >= 11 is 6.09. The van der Waals surface area contributed by atoms with Gasteiger partial charge in [0.2, 0.25) is 0 Å². The quantitative estimate of drug-likeness (QED) is 0.828. The van der Waals surface area contributed by atoms with E-state index in [2.05, 4.69) is 12.2 Å². The summed E-state index contributed by atoms with van der Waals surface area (Å²) < 4.78 is 0. The number of hydrogen-bond acceptors (Lipinski definition) is 2. The second-order valence-electron chi connectivity index (χ2n) is 5.73. The van der Waals surface area contributed by atoms with Crippen molar-refractivity contribution in [3.63, 3.8) is 0 Å². The van der Waals surface area contributed by atoms with Crippen LogP contribution in [0.15, 0.2) is 24.3 Å². The Morgan fingerprint density at radius 3 is 2.63 bits per heavy atom. The fourth-order valence-corrected chi connectivity index (χ4v) is 3.37. The van der Waals surface area contributed by atoms with E-state index in [0.29, 0.717) is 17.0 Å². The molecule has 0 amide bonds. The highest BCUT2D eigenvalue weighted by Crippen LogP contribution is 2.40. The summed E-state index contributed by atoms with van der Waals surface area (Å²) in [5.41, 5.74) is 1.27. The highest BCUT2D eigenvalue weighted by molar-refractivity contribution is 6.31. The van der Waals surface area contributed by atoms with E-state index in [1.807, 2.05) is 24.3 Å². The van der Waals surface area contributed by atoms with Gasteiger partial charge in [-0.25, -0.2) is 0 Å². The molecule has 1 unspecified atom stereocenters. The average molecular weight is 282 g/mol. The van der Waals surface area contributed by atoms with Gasteiger partial charge in [-0.05, 0) is 30.7 Å². The molecule has 1 aliphatic rings. The Hall–Kier alpha value is -0.570. The molecule has 0 bridgehead atoms. The van der Waals surface area contributed by atoms with Crippen LogP contribution in [0.3, 0.4) is 0 Å². The molecule has 1 fully saturated rings. The Balaban J connectivity index is 1.84. The van der Waals surface area contributed by atoms with E-state index >= 15 is 0 Å². The van der Waals surface area contributed by atoms with Crippen molar-refractivity contribution in [3.8, 4) is 0 Å². The summed E-state index contributed by atoms with van der Waals surface area (Å²) in [5, 5.41) is 14.3.